The van der Waals surface area contributed by atoms with Gasteiger partial charge in [-0.1, -0.05) is 24.3 Å². The zero-order valence-electron chi connectivity index (χ0n) is 28.5. The molecule has 1 saturated heterocycles. The van der Waals surface area contributed by atoms with E-state index in [2.05, 4.69) is 41.5 Å². The number of rotatable bonds is 11. The van der Waals surface area contributed by atoms with Crippen LogP contribution < -0.4 is 21.7 Å². The molecule has 6 N–H and O–H groups in total. The Hall–Kier alpha value is -5.08. The molecule has 0 radical (unpaired) electrons. The fraction of sp³-hybridized carbons (Fsp3) is 0.405. The van der Waals surface area contributed by atoms with Crippen molar-refractivity contribution in [3.63, 3.8) is 0 Å². The van der Waals surface area contributed by atoms with Crippen molar-refractivity contribution in [2.24, 2.45) is 17.6 Å². The largest absolute Gasteiger partial charge is 0.349 e. The van der Waals surface area contributed by atoms with Gasteiger partial charge in [0, 0.05) is 29.6 Å². The highest BCUT2D eigenvalue weighted by atomic mass is 19.1. The van der Waals surface area contributed by atoms with Crippen LogP contribution in [0.2, 0.25) is 0 Å². The quantitative estimate of drug-likeness (QED) is 0.156. The molecule has 268 valence electrons. The number of aromatic amines is 1. The summed E-state index contributed by atoms with van der Waals surface area (Å²) in [5.41, 5.74) is 8.01. The Morgan fingerprint density at radius 2 is 1.55 bits per heavy atom. The fourth-order valence-electron chi connectivity index (χ4n) is 6.81. The van der Waals surface area contributed by atoms with E-state index >= 15 is 8.78 Å². The van der Waals surface area contributed by atoms with Gasteiger partial charge in [-0.25, -0.2) is 8.78 Å². The molecule has 1 saturated carbocycles. The van der Waals surface area contributed by atoms with Gasteiger partial charge in [-0.3, -0.25) is 14.4 Å². The van der Waals surface area contributed by atoms with Gasteiger partial charge >= 0.3 is 0 Å². The van der Waals surface area contributed by atoms with Crippen LogP contribution in [0.25, 0.3) is 22.5 Å². The minimum atomic E-state index is -0.940. The highest BCUT2D eigenvalue weighted by Gasteiger charge is 2.30. The summed E-state index contributed by atoms with van der Waals surface area (Å²) >= 11 is 0. The lowest BCUT2D eigenvalue weighted by Gasteiger charge is -2.29. The number of tetrazole rings is 1. The maximum Gasteiger partial charge on any atom is 0.257 e. The SMILES string of the molecule is CN1CCC(NC(=O)c2c(F)cc(-c3ccc(C[C@H](NC(=O)C4CCC(CN)CC4)C(=O)Nc4ccc(-c5nn[nH]n5)cc4)cc3)cc2F)CC1. The van der Waals surface area contributed by atoms with Crippen molar-refractivity contribution in [2.45, 2.75) is 57.0 Å². The summed E-state index contributed by atoms with van der Waals surface area (Å²) in [6.45, 7) is 2.20. The van der Waals surface area contributed by atoms with E-state index in [1.807, 2.05) is 7.05 Å². The predicted octanol–water partition coefficient (Wildman–Crippen LogP) is 4.07. The Bertz CT molecular complexity index is 1780. The van der Waals surface area contributed by atoms with Crippen LogP contribution in [0, 0.1) is 23.5 Å². The summed E-state index contributed by atoms with van der Waals surface area (Å²) in [5.74, 6) is -2.60. The first-order valence-electron chi connectivity index (χ1n) is 17.4. The van der Waals surface area contributed by atoms with Crippen molar-refractivity contribution in [1.29, 1.82) is 0 Å². The van der Waals surface area contributed by atoms with Gasteiger partial charge in [0.25, 0.3) is 5.91 Å². The van der Waals surface area contributed by atoms with E-state index in [1.54, 1.807) is 48.5 Å². The average Bonchev–Trinajstić information content (AvgIpc) is 3.68. The van der Waals surface area contributed by atoms with E-state index in [4.69, 9.17) is 5.73 Å². The lowest BCUT2D eigenvalue weighted by atomic mass is 9.81. The molecule has 1 aromatic heterocycles. The molecular formula is C37H43F2N9O3. The van der Waals surface area contributed by atoms with Crippen LogP contribution in [0.15, 0.2) is 60.7 Å². The number of amides is 3. The number of nitrogens with two attached hydrogens (primary N) is 1. The van der Waals surface area contributed by atoms with Gasteiger partial charge in [0.2, 0.25) is 17.6 Å². The first-order valence-corrected chi connectivity index (χ1v) is 17.4. The molecule has 6 rings (SSSR count). The molecule has 1 aliphatic carbocycles. The first kappa shape index (κ1) is 35.7. The van der Waals surface area contributed by atoms with Crippen molar-refractivity contribution < 1.29 is 23.2 Å². The van der Waals surface area contributed by atoms with E-state index in [-0.39, 0.29) is 29.9 Å². The van der Waals surface area contributed by atoms with Gasteiger partial charge in [0.1, 0.15) is 23.2 Å². The smallest absolute Gasteiger partial charge is 0.257 e. The second kappa shape index (κ2) is 16.3. The van der Waals surface area contributed by atoms with Crippen LogP contribution in [0.3, 0.4) is 0 Å². The third kappa shape index (κ3) is 8.99. The first-order chi connectivity index (χ1) is 24.7. The minimum absolute atomic E-state index is 0.134. The number of likely N-dealkylation sites (tertiary alicyclic amines) is 1. The number of nitrogens with zero attached hydrogens (tertiary/aromatic N) is 4. The van der Waals surface area contributed by atoms with Crippen molar-refractivity contribution in [2.75, 3.05) is 32.0 Å². The van der Waals surface area contributed by atoms with Gasteiger partial charge in [-0.05, 0) is 129 Å². The molecule has 2 fully saturated rings. The summed E-state index contributed by atoms with van der Waals surface area (Å²) in [6.07, 6.45) is 4.76. The molecule has 1 aliphatic heterocycles. The normalized spacial score (nSPS) is 18.9. The average molecular weight is 700 g/mol. The van der Waals surface area contributed by atoms with Crippen LogP contribution in [-0.4, -0.2) is 82.0 Å². The van der Waals surface area contributed by atoms with Crippen LogP contribution in [0.5, 0.6) is 0 Å². The monoisotopic (exact) mass is 699 g/mol. The van der Waals surface area contributed by atoms with Crippen LogP contribution >= 0.6 is 0 Å². The van der Waals surface area contributed by atoms with Crippen molar-refractivity contribution >= 4 is 23.4 Å². The van der Waals surface area contributed by atoms with E-state index in [1.165, 1.54) is 0 Å². The molecule has 14 heteroatoms. The molecule has 4 aromatic rings. The predicted molar refractivity (Wildman–Crippen MR) is 188 cm³/mol. The van der Waals surface area contributed by atoms with Gasteiger partial charge in [0.15, 0.2) is 0 Å². The molecule has 2 heterocycles. The number of piperidine rings is 1. The molecule has 3 amide bonds. The summed E-state index contributed by atoms with van der Waals surface area (Å²) in [7, 11) is 1.99. The third-order valence-electron chi connectivity index (χ3n) is 9.99. The Balaban J connectivity index is 1.15. The second-order valence-electron chi connectivity index (χ2n) is 13.6. The zero-order valence-corrected chi connectivity index (χ0v) is 28.5. The number of H-pyrrole nitrogens is 1. The second-order valence-corrected chi connectivity index (χ2v) is 13.6. The lowest BCUT2D eigenvalue weighted by molar-refractivity contribution is -0.130. The Kier molecular flexibility index (Phi) is 11.4. The number of carbonyl (C=O) groups excluding carboxylic acids is 3. The van der Waals surface area contributed by atoms with E-state index in [0.29, 0.717) is 60.8 Å². The number of hydrogen-bond acceptors (Lipinski definition) is 8. The van der Waals surface area contributed by atoms with Gasteiger partial charge in [-0.15, -0.1) is 10.2 Å². The molecule has 12 nitrogen and oxygen atoms in total. The minimum Gasteiger partial charge on any atom is -0.349 e. The molecule has 0 bridgehead atoms. The van der Waals surface area contributed by atoms with Crippen LogP contribution in [0.4, 0.5) is 14.5 Å². The summed E-state index contributed by atoms with van der Waals surface area (Å²) in [6, 6.07) is 15.1. The van der Waals surface area contributed by atoms with Crippen LogP contribution in [-0.2, 0) is 16.0 Å². The Labute approximate surface area is 294 Å². The number of hydrogen-bond donors (Lipinski definition) is 5. The number of anilines is 1. The molecule has 0 unspecified atom stereocenters. The molecule has 2 aliphatic rings. The molecule has 51 heavy (non-hydrogen) atoms. The maximum absolute atomic E-state index is 15.2. The lowest BCUT2D eigenvalue weighted by Crippen LogP contribution is -2.48. The summed E-state index contributed by atoms with van der Waals surface area (Å²) < 4.78 is 30.4. The molecule has 3 aromatic carbocycles. The van der Waals surface area contributed by atoms with Gasteiger partial charge < -0.3 is 26.6 Å². The number of carbonyl (C=O) groups is 3. The number of halogens is 2. The van der Waals surface area contributed by atoms with Crippen molar-refractivity contribution in [3.05, 3.63) is 83.4 Å². The fourth-order valence-corrected chi connectivity index (χ4v) is 6.81. The highest BCUT2D eigenvalue weighted by Crippen LogP contribution is 2.29. The topological polar surface area (TPSA) is 171 Å². The summed E-state index contributed by atoms with van der Waals surface area (Å²) in [5, 5.41) is 22.5. The Morgan fingerprint density at radius 3 is 2.16 bits per heavy atom. The van der Waals surface area contributed by atoms with E-state index in [0.717, 1.165) is 43.6 Å². The van der Waals surface area contributed by atoms with Gasteiger partial charge in [-0.2, -0.15) is 5.21 Å². The number of benzene rings is 3. The molecule has 0 spiro atoms. The number of nitrogens with one attached hydrogen (secondary N) is 4. The van der Waals surface area contributed by atoms with E-state index < -0.39 is 35.1 Å². The van der Waals surface area contributed by atoms with Gasteiger partial charge in [0.05, 0.1) is 0 Å². The van der Waals surface area contributed by atoms with Crippen molar-refractivity contribution in [3.8, 4) is 22.5 Å². The third-order valence-corrected chi connectivity index (χ3v) is 9.99. The Morgan fingerprint density at radius 1 is 0.902 bits per heavy atom. The maximum atomic E-state index is 15.2. The number of aromatic nitrogens is 4. The molecule has 1 atom stereocenters. The standard InChI is InChI=1S/C37H43F2N9O3/c1-48-16-14-29(15-17-48)42-37(51)33-30(38)19-27(20-31(33)39)24-6-2-22(3-7-24)18-32(43-35(49)26-8-4-23(21-40)5-9-26)36(50)41-28-12-10-25(11-13-28)34-44-46-47-45-34/h2-3,6-7,10-13,19-20,23,26,29,32H,4-5,8-9,14-18,21,40H2,1H3,(H,41,50)(H,42,51)(H,43,49)(H,44,45,46,47)/t23?,26?,32-/m0/s1. The van der Waals surface area contributed by atoms with Crippen LogP contribution in [0.1, 0.15) is 54.4 Å². The highest BCUT2D eigenvalue weighted by molar-refractivity contribution is 5.98. The van der Waals surface area contributed by atoms with E-state index in [9.17, 15) is 14.4 Å². The van der Waals surface area contributed by atoms with Crippen molar-refractivity contribution in [1.82, 2.24) is 36.2 Å². The summed E-state index contributed by atoms with van der Waals surface area (Å²) in [4.78, 5) is 42.0. The molecular weight excluding hydrogens is 656 g/mol. The zero-order chi connectivity index (χ0) is 35.9.